The van der Waals surface area contributed by atoms with E-state index in [0.717, 1.165) is 5.56 Å². The second-order valence-electron chi connectivity index (χ2n) is 4.70. The number of benzene rings is 1. The minimum Gasteiger partial charge on any atom is -0.508 e. The van der Waals surface area contributed by atoms with Gasteiger partial charge in [0, 0.05) is 18.5 Å². The van der Waals surface area contributed by atoms with Gasteiger partial charge >= 0.3 is 18.0 Å². The lowest BCUT2D eigenvalue weighted by atomic mass is 10.1. The fourth-order valence-electron chi connectivity index (χ4n) is 1.95. The molecule has 1 aliphatic rings. The molecule has 0 aromatic heterocycles. The molecule has 1 saturated heterocycles. The van der Waals surface area contributed by atoms with Crippen molar-refractivity contribution in [2.45, 2.75) is 12.5 Å². The maximum Gasteiger partial charge on any atom is 0.346 e. The summed E-state index contributed by atoms with van der Waals surface area (Å²) < 4.78 is 0. The van der Waals surface area contributed by atoms with Crippen LogP contribution in [-0.2, 0) is 11.2 Å². The van der Waals surface area contributed by atoms with Crippen LogP contribution in [0.25, 0.3) is 0 Å². The molecule has 9 nitrogen and oxygen atoms in total. The maximum absolute atomic E-state index is 11.8. The molecule has 0 saturated carbocycles. The first kappa shape index (κ1) is 15.4. The molecular formula is C13H14N4O5. The molecule has 1 atom stereocenters. The zero-order valence-corrected chi connectivity index (χ0v) is 11.7. The number of aromatic hydroxyl groups is 1. The first-order valence-corrected chi connectivity index (χ1v) is 6.44. The highest BCUT2D eigenvalue weighted by Crippen LogP contribution is 2.11. The van der Waals surface area contributed by atoms with Crippen molar-refractivity contribution < 1.29 is 19.6 Å². The molecule has 1 unspecified atom stereocenters. The van der Waals surface area contributed by atoms with Gasteiger partial charge in [-0.05, 0) is 24.1 Å². The molecule has 1 heterocycles. The van der Waals surface area contributed by atoms with Crippen LogP contribution in [0.3, 0.4) is 0 Å². The Labute approximate surface area is 125 Å². The van der Waals surface area contributed by atoms with E-state index in [0.29, 0.717) is 11.3 Å². The van der Waals surface area contributed by atoms with Crippen LogP contribution in [0, 0.1) is 10.1 Å². The summed E-state index contributed by atoms with van der Waals surface area (Å²) in [5.74, 6) is -1.04. The summed E-state index contributed by atoms with van der Waals surface area (Å²) in [5, 5.41) is 22.4. The minimum absolute atomic E-state index is 0.136. The number of nitrogens with one attached hydrogen (secondary N) is 1. The fraction of sp³-hybridized carbons (Fsp3) is 0.308. The van der Waals surface area contributed by atoms with Gasteiger partial charge in [-0.15, -0.1) is 0 Å². The van der Waals surface area contributed by atoms with Gasteiger partial charge in [-0.2, -0.15) is 0 Å². The van der Waals surface area contributed by atoms with E-state index in [9.17, 15) is 24.8 Å². The second-order valence-corrected chi connectivity index (χ2v) is 4.70. The van der Waals surface area contributed by atoms with Crippen LogP contribution in [0.4, 0.5) is 4.79 Å². The summed E-state index contributed by atoms with van der Waals surface area (Å²) in [6.07, 6.45) is 0.452. The number of aliphatic imine (C=N–C) groups is 1. The molecule has 3 amide bonds. The van der Waals surface area contributed by atoms with E-state index in [1.807, 2.05) is 0 Å². The topological polar surface area (TPSA) is 125 Å². The summed E-state index contributed by atoms with van der Waals surface area (Å²) in [6, 6.07) is 3.98. The summed E-state index contributed by atoms with van der Waals surface area (Å²) in [7, 11) is 1.17. The smallest absolute Gasteiger partial charge is 0.346 e. The average molecular weight is 306 g/mol. The number of nitrogens with zero attached hydrogens (tertiary/aromatic N) is 3. The number of amides is 3. The highest BCUT2D eigenvalue weighted by Gasteiger charge is 2.45. The monoisotopic (exact) mass is 306 g/mol. The predicted octanol–water partition coefficient (Wildman–Crippen LogP) is 0.160. The van der Waals surface area contributed by atoms with Crippen LogP contribution in [0.2, 0.25) is 0 Å². The molecular weight excluding hydrogens is 292 g/mol. The summed E-state index contributed by atoms with van der Waals surface area (Å²) in [6.45, 7) is 0.168. The molecule has 1 aromatic rings. The van der Waals surface area contributed by atoms with E-state index in [2.05, 4.69) is 10.3 Å². The SMILES string of the molecule is CN1C(=O)NC(=NCCc2ccc(O)cc2)C([N+](=O)[O-])C1=O. The van der Waals surface area contributed by atoms with Crippen molar-refractivity contribution in [3.8, 4) is 5.75 Å². The third-order valence-corrected chi connectivity index (χ3v) is 3.19. The third kappa shape index (κ3) is 3.19. The number of likely N-dealkylation sites (N-methyl/N-ethyl adjacent to an activating group) is 1. The number of carbonyl (C=O) groups excluding carboxylic acids is 2. The van der Waals surface area contributed by atoms with Gasteiger partial charge in [0.2, 0.25) is 0 Å². The van der Waals surface area contributed by atoms with Crippen LogP contribution < -0.4 is 5.32 Å². The number of phenolic OH excluding ortho intramolecular Hbond substituents is 1. The van der Waals surface area contributed by atoms with Crippen molar-refractivity contribution in [3.05, 3.63) is 39.9 Å². The number of imide groups is 1. The molecule has 9 heteroatoms. The number of amidine groups is 1. The number of hydrogen-bond acceptors (Lipinski definition) is 6. The molecule has 1 aliphatic heterocycles. The van der Waals surface area contributed by atoms with E-state index in [-0.39, 0.29) is 18.1 Å². The van der Waals surface area contributed by atoms with E-state index in [4.69, 9.17) is 0 Å². The van der Waals surface area contributed by atoms with Crippen molar-refractivity contribution in [1.82, 2.24) is 10.2 Å². The number of carbonyl (C=O) groups is 2. The third-order valence-electron chi connectivity index (χ3n) is 3.19. The Balaban J connectivity index is 2.10. The van der Waals surface area contributed by atoms with Crippen molar-refractivity contribution in [2.75, 3.05) is 13.6 Å². The van der Waals surface area contributed by atoms with E-state index >= 15 is 0 Å². The van der Waals surface area contributed by atoms with Gasteiger partial charge in [0.1, 0.15) is 5.75 Å². The van der Waals surface area contributed by atoms with Crippen LogP contribution in [0.15, 0.2) is 29.3 Å². The van der Waals surface area contributed by atoms with Crippen LogP contribution in [0.1, 0.15) is 5.56 Å². The van der Waals surface area contributed by atoms with Crippen molar-refractivity contribution in [3.63, 3.8) is 0 Å². The van der Waals surface area contributed by atoms with Gasteiger partial charge in [0.15, 0.2) is 5.84 Å². The number of phenols is 1. The van der Waals surface area contributed by atoms with Crippen molar-refractivity contribution in [2.24, 2.45) is 4.99 Å². The highest BCUT2D eigenvalue weighted by molar-refractivity contribution is 6.19. The Hall–Kier alpha value is -2.97. The number of rotatable bonds is 4. The van der Waals surface area contributed by atoms with Crippen LogP contribution >= 0.6 is 0 Å². The average Bonchev–Trinajstić information content (AvgIpc) is 2.46. The first-order chi connectivity index (χ1) is 10.4. The van der Waals surface area contributed by atoms with Crippen LogP contribution in [0.5, 0.6) is 5.75 Å². The molecule has 2 rings (SSSR count). The minimum atomic E-state index is -1.69. The Morgan fingerprint density at radius 2 is 2.00 bits per heavy atom. The highest BCUT2D eigenvalue weighted by atomic mass is 16.6. The number of urea groups is 1. The molecule has 22 heavy (non-hydrogen) atoms. The Morgan fingerprint density at radius 1 is 1.36 bits per heavy atom. The number of hydrogen-bond donors (Lipinski definition) is 2. The predicted molar refractivity (Wildman–Crippen MR) is 76.2 cm³/mol. The molecule has 1 fully saturated rings. The van der Waals surface area contributed by atoms with Crippen molar-refractivity contribution in [1.29, 1.82) is 0 Å². The van der Waals surface area contributed by atoms with E-state index in [1.165, 1.54) is 19.2 Å². The Morgan fingerprint density at radius 3 is 2.59 bits per heavy atom. The lowest BCUT2D eigenvalue weighted by molar-refractivity contribution is -0.491. The summed E-state index contributed by atoms with van der Waals surface area (Å²) >= 11 is 0. The Bertz CT molecular complexity index is 640. The molecule has 0 spiro atoms. The first-order valence-electron chi connectivity index (χ1n) is 6.44. The Kier molecular flexibility index (Phi) is 4.35. The molecule has 1 aromatic carbocycles. The lowest BCUT2D eigenvalue weighted by Crippen LogP contribution is -2.61. The van der Waals surface area contributed by atoms with Crippen molar-refractivity contribution >= 4 is 17.8 Å². The second kappa shape index (κ2) is 6.20. The van der Waals surface area contributed by atoms with Gasteiger partial charge in [0.05, 0.1) is 0 Å². The fourth-order valence-corrected chi connectivity index (χ4v) is 1.95. The molecule has 0 bridgehead atoms. The van der Waals surface area contributed by atoms with Gasteiger partial charge in [0.25, 0.3) is 0 Å². The van der Waals surface area contributed by atoms with E-state index < -0.39 is 22.9 Å². The zero-order valence-electron chi connectivity index (χ0n) is 11.7. The molecule has 0 aliphatic carbocycles. The van der Waals surface area contributed by atoms with E-state index in [1.54, 1.807) is 12.1 Å². The molecule has 2 N–H and O–H groups in total. The van der Waals surface area contributed by atoms with Gasteiger partial charge in [-0.1, -0.05) is 12.1 Å². The van der Waals surface area contributed by atoms with Gasteiger partial charge in [-0.3, -0.25) is 30.1 Å². The maximum atomic E-state index is 11.8. The molecule has 116 valence electrons. The number of nitro groups is 1. The standard InChI is InChI=1S/C13H14N4O5/c1-16-12(19)10(17(21)22)11(15-13(16)20)14-7-6-8-2-4-9(18)5-3-8/h2-5,10,18H,6-7H2,1H3,(H,14,15,20). The summed E-state index contributed by atoms with van der Waals surface area (Å²) in [4.78, 5) is 38.1. The summed E-state index contributed by atoms with van der Waals surface area (Å²) in [5.41, 5.74) is 0.866. The lowest BCUT2D eigenvalue weighted by Gasteiger charge is -2.24. The quantitative estimate of drug-likeness (QED) is 0.605. The van der Waals surface area contributed by atoms with Gasteiger partial charge in [-0.25, -0.2) is 4.79 Å². The molecule has 0 radical (unpaired) electrons. The zero-order chi connectivity index (χ0) is 16.3. The van der Waals surface area contributed by atoms with Crippen LogP contribution in [-0.4, -0.2) is 52.3 Å². The largest absolute Gasteiger partial charge is 0.508 e. The normalized spacial score (nSPS) is 20.1. The van der Waals surface area contributed by atoms with Gasteiger partial charge < -0.3 is 5.11 Å².